The van der Waals surface area contributed by atoms with Gasteiger partial charge in [-0.3, -0.25) is 0 Å². The quantitative estimate of drug-likeness (QED) is 0.846. The van der Waals surface area contributed by atoms with Crippen LogP contribution in [0.15, 0.2) is 12.4 Å². The molecule has 1 saturated carbocycles. The predicted molar refractivity (Wildman–Crippen MR) is 66.1 cm³/mol. The lowest BCUT2D eigenvalue weighted by molar-refractivity contribution is 0.251. The Morgan fingerprint density at radius 1 is 1.44 bits per heavy atom. The van der Waals surface area contributed by atoms with E-state index in [0.29, 0.717) is 0 Å². The molecule has 0 spiro atoms. The Morgan fingerprint density at radius 2 is 2.12 bits per heavy atom. The van der Waals surface area contributed by atoms with Crippen LogP contribution in [0.1, 0.15) is 45.4 Å². The summed E-state index contributed by atoms with van der Waals surface area (Å²) in [5.41, 5.74) is 0.239. The van der Waals surface area contributed by atoms with Crippen molar-refractivity contribution < 1.29 is 0 Å². The number of aryl methyl sites for hydroxylation is 1. The fourth-order valence-corrected chi connectivity index (χ4v) is 2.67. The lowest BCUT2D eigenvalue weighted by Gasteiger charge is -2.33. The highest BCUT2D eigenvalue weighted by Gasteiger charge is 2.31. The Hall–Kier alpha value is -0.830. The van der Waals surface area contributed by atoms with Gasteiger partial charge >= 0.3 is 0 Å². The van der Waals surface area contributed by atoms with E-state index in [1.807, 2.05) is 19.4 Å². The topological polar surface area (TPSA) is 29.9 Å². The van der Waals surface area contributed by atoms with Gasteiger partial charge in [-0.15, -0.1) is 0 Å². The first-order valence-electron chi connectivity index (χ1n) is 6.31. The van der Waals surface area contributed by atoms with Crippen LogP contribution in [0.4, 0.5) is 0 Å². The van der Waals surface area contributed by atoms with E-state index >= 15 is 0 Å². The maximum Gasteiger partial charge on any atom is 0.122 e. The van der Waals surface area contributed by atoms with Crippen LogP contribution in [0.3, 0.4) is 0 Å². The Kier molecular flexibility index (Phi) is 3.33. The molecule has 0 bridgehead atoms. The molecule has 2 rings (SSSR count). The fraction of sp³-hybridized carbons (Fsp3) is 0.769. The van der Waals surface area contributed by atoms with Crippen LogP contribution in [0, 0.1) is 5.92 Å². The zero-order valence-corrected chi connectivity index (χ0v) is 10.7. The standard InChI is InChI=1S/C13H23N3/c1-13(2,11-6-4-5-7-11)15-10-12-14-8-9-16(12)3/h8-9,11,15H,4-7,10H2,1-3H3. The number of hydrogen-bond donors (Lipinski definition) is 1. The van der Waals surface area contributed by atoms with Gasteiger partial charge in [0.1, 0.15) is 5.82 Å². The zero-order valence-electron chi connectivity index (χ0n) is 10.7. The van der Waals surface area contributed by atoms with Gasteiger partial charge in [-0.05, 0) is 32.6 Å². The van der Waals surface area contributed by atoms with Crippen molar-refractivity contribution in [3.05, 3.63) is 18.2 Å². The summed E-state index contributed by atoms with van der Waals surface area (Å²) in [5.74, 6) is 1.94. The van der Waals surface area contributed by atoms with E-state index in [4.69, 9.17) is 0 Å². The minimum atomic E-state index is 0.239. The summed E-state index contributed by atoms with van der Waals surface area (Å²) >= 11 is 0. The molecule has 3 nitrogen and oxygen atoms in total. The van der Waals surface area contributed by atoms with Crippen molar-refractivity contribution in [2.45, 2.75) is 51.6 Å². The number of hydrogen-bond acceptors (Lipinski definition) is 2. The average Bonchev–Trinajstić information content (AvgIpc) is 2.85. The van der Waals surface area contributed by atoms with Crippen LogP contribution in [0.2, 0.25) is 0 Å². The summed E-state index contributed by atoms with van der Waals surface area (Å²) in [4.78, 5) is 4.35. The summed E-state index contributed by atoms with van der Waals surface area (Å²) in [6.07, 6.45) is 9.41. The maximum absolute atomic E-state index is 4.35. The van der Waals surface area contributed by atoms with Crippen molar-refractivity contribution in [1.29, 1.82) is 0 Å². The first-order chi connectivity index (χ1) is 7.59. The van der Waals surface area contributed by atoms with Crippen LogP contribution < -0.4 is 5.32 Å². The van der Waals surface area contributed by atoms with E-state index in [1.165, 1.54) is 25.7 Å². The minimum Gasteiger partial charge on any atom is -0.337 e. The second-order valence-electron chi connectivity index (χ2n) is 5.51. The molecule has 0 amide bonds. The molecule has 1 N–H and O–H groups in total. The molecule has 90 valence electrons. The molecule has 0 aliphatic heterocycles. The highest BCUT2D eigenvalue weighted by atomic mass is 15.1. The Balaban J connectivity index is 1.91. The van der Waals surface area contributed by atoms with Gasteiger partial charge in [0.05, 0.1) is 6.54 Å². The molecule has 0 saturated heterocycles. The smallest absolute Gasteiger partial charge is 0.122 e. The maximum atomic E-state index is 4.35. The Labute approximate surface area is 98.3 Å². The summed E-state index contributed by atoms with van der Waals surface area (Å²) < 4.78 is 2.08. The highest BCUT2D eigenvalue weighted by Crippen LogP contribution is 2.33. The molecule has 1 aliphatic carbocycles. The number of nitrogens with one attached hydrogen (secondary N) is 1. The van der Waals surface area contributed by atoms with E-state index in [2.05, 4.69) is 28.7 Å². The number of nitrogens with zero attached hydrogens (tertiary/aromatic N) is 2. The average molecular weight is 221 g/mol. The van der Waals surface area contributed by atoms with Gasteiger partial charge in [-0.2, -0.15) is 0 Å². The van der Waals surface area contributed by atoms with Crippen LogP contribution in [-0.4, -0.2) is 15.1 Å². The van der Waals surface area contributed by atoms with Crippen LogP contribution in [0.5, 0.6) is 0 Å². The number of rotatable bonds is 4. The van der Waals surface area contributed by atoms with Gasteiger partial charge in [0.15, 0.2) is 0 Å². The molecular formula is C13H23N3. The summed E-state index contributed by atoms with van der Waals surface area (Å²) in [5, 5.41) is 3.66. The van der Waals surface area contributed by atoms with Gasteiger partial charge in [-0.25, -0.2) is 4.98 Å². The first-order valence-corrected chi connectivity index (χ1v) is 6.31. The van der Waals surface area contributed by atoms with E-state index in [1.54, 1.807) is 0 Å². The van der Waals surface area contributed by atoms with Crippen molar-refractivity contribution in [3.63, 3.8) is 0 Å². The van der Waals surface area contributed by atoms with Gasteiger partial charge in [0, 0.05) is 25.0 Å². The summed E-state index contributed by atoms with van der Waals surface area (Å²) in [7, 11) is 2.05. The van der Waals surface area contributed by atoms with Crippen molar-refractivity contribution >= 4 is 0 Å². The van der Waals surface area contributed by atoms with Crippen molar-refractivity contribution in [2.24, 2.45) is 13.0 Å². The second kappa shape index (κ2) is 4.58. The Morgan fingerprint density at radius 3 is 2.69 bits per heavy atom. The zero-order chi connectivity index (χ0) is 11.6. The molecule has 1 aromatic rings. The molecule has 1 aromatic heterocycles. The monoisotopic (exact) mass is 221 g/mol. The molecular weight excluding hydrogens is 198 g/mol. The van der Waals surface area contributed by atoms with E-state index < -0.39 is 0 Å². The van der Waals surface area contributed by atoms with E-state index in [0.717, 1.165) is 18.3 Å². The lowest BCUT2D eigenvalue weighted by atomic mass is 9.86. The van der Waals surface area contributed by atoms with Gasteiger partial charge in [-0.1, -0.05) is 12.8 Å². The molecule has 16 heavy (non-hydrogen) atoms. The molecule has 0 unspecified atom stereocenters. The van der Waals surface area contributed by atoms with Crippen molar-refractivity contribution in [1.82, 2.24) is 14.9 Å². The van der Waals surface area contributed by atoms with Crippen molar-refractivity contribution in [2.75, 3.05) is 0 Å². The van der Waals surface area contributed by atoms with Gasteiger partial charge < -0.3 is 9.88 Å². The normalized spacial score (nSPS) is 18.2. The summed E-state index contributed by atoms with van der Waals surface area (Å²) in [6, 6.07) is 0. The summed E-state index contributed by atoms with van der Waals surface area (Å²) in [6.45, 7) is 5.52. The molecule has 1 aliphatic rings. The molecule has 0 radical (unpaired) electrons. The van der Waals surface area contributed by atoms with Crippen molar-refractivity contribution in [3.8, 4) is 0 Å². The fourth-order valence-electron chi connectivity index (χ4n) is 2.67. The largest absolute Gasteiger partial charge is 0.337 e. The highest BCUT2D eigenvalue weighted by molar-refractivity contribution is 4.95. The third-order valence-electron chi connectivity index (χ3n) is 4.00. The van der Waals surface area contributed by atoms with Crippen LogP contribution in [0.25, 0.3) is 0 Å². The molecule has 1 heterocycles. The number of aromatic nitrogens is 2. The Bertz CT molecular complexity index is 335. The first kappa shape index (κ1) is 11.6. The SMILES string of the molecule is Cn1ccnc1CNC(C)(C)C1CCCC1. The van der Waals surface area contributed by atoms with Gasteiger partial charge in [0.2, 0.25) is 0 Å². The van der Waals surface area contributed by atoms with Crippen LogP contribution >= 0.6 is 0 Å². The number of imidazole rings is 1. The lowest BCUT2D eigenvalue weighted by Crippen LogP contribution is -2.45. The van der Waals surface area contributed by atoms with E-state index in [9.17, 15) is 0 Å². The molecule has 3 heteroatoms. The minimum absolute atomic E-state index is 0.239. The molecule has 0 atom stereocenters. The van der Waals surface area contributed by atoms with Gasteiger partial charge in [0.25, 0.3) is 0 Å². The predicted octanol–water partition coefficient (Wildman–Crippen LogP) is 2.48. The van der Waals surface area contributed by atoms with E-state index in [-0.39, 0.29) is 5.54 Å². The molecule has 1 fully saturated rings. The molecule has 0 aromatic carbocycles. The second-order valence-corrected chi connectivity index (χ2v) is 5.51. The third kappa shape index (κ3) is 2.46. The van der Waals surface area contributed by atoms with Crippen LogP contribution in [-0.2, 0) is 13.6 Å². The third-order valence-corrected chi connectivity index (χ3v) is 4.00.